The van der Waals surface area contributed by atoms with E-state index in [0.717, 1.165) is 15.9 Å². The first kappa shape index (κ1) is 19.4. The molecule has 1 heterocycles. The highest BCUT2D eigenvalue weighted by atomic mass is 79.9. The molecule has 0 bridgehead atoms. The molecule has 1 amide bonds. The summed E-state index contributed by atoms with van der Waals surface area (Å²) in [4.78, 5) is 12.2. The minimum Gasteiger partial charge on any atom is -0.483 e. The second-order valence-corrected chi connectivity index (χ2v) is 7.59. The molecule has 6 nitrogen and oxygen atoms in total. The van der Waals surface area contributed by atoms with E-state index in [9.17, 15) is 4.79 Å². The fourth-order valence-corrected chi connectivity index (χ4v) is 3.54. The molecule has 3 aromatic rings. The third-order valence-corrected chi connectivity index (χ3v) is 5.48. The van der Waals surface area contributed by atoms with Crippen molar-refractivity contribution in [2.45, 2.75) is 18.2 Å². The van der Waals surface area contributed by atoms with Gasteiger partial charge >= 0.3 is 0 Å². The Morgan fingerprint density at radius 3 is 2.63 bits per heavy atom. The van der Waals surface area contributed by atoms with Crippen LogP contribution in [0.25, 0.3) is 0 Å². The van der Waals surface area contributed by atoms with Crippen LogP contribution < -0.4 is 10.1 Å². The number of thioether (sulfide) groups is 1. The number of carbonyl (C=O) groups excluding carboxylic acids is 1. The zero-order valence-corrected chi connectivity index (χ0v) is 17.3. The minimum absolute atomic E-state index is 0.106. The summed E-state index contributed by atoms with van der Waals surface area (Å²) in [6.07, 6.45) is -0.256. The Bertz CT molecular complexity index is 917. The number of hydrogen-bond acceptors (Lipinski definition) is 5. The zero-order valence-electron chi connectivity index (χ0n) is 14.9. The van der Waals surface area contributed by atoms with Gasteiger partial charge in [-0.05, 0) is 47.1 Å². The molecule has 0 aliphatic carbocycles. The molecule has 0 unspecified atom stereocenters. The third-order valence-electron chi connectivity index (χ3n) is 3.77. The number of aromatic nitrogens is 3. The summed E-state index contributed by atoms with van der Waals surface area (Å²) in [5, 5.41) is 11.9. The molecule has 0 radical (unpaired) electrons. The number of anilines is 1. The number of amides is 1. The van der Waals surface area contributed by atoms with E-state index in [1.165, 1.54) is 11.8 Å². The molecular weight excluding hydrogens is 428 g/mol. The van der Waals surface area contributed by atoms with E-state index in [0.29, 0.717) is 11.0 Å². The largest absolute Gasteiger partial charge is 0.483 e. The monoisotopic (exact) mass is 446 g/mol. The number of hydrogen-bond donors (Lipinski definition) is 1. The van der Waals surface area contributed by atoms with Gasteiger partial charge < -0.3 is 14.6 Å². The molecule has 27 heavy (non-hydrogen) atoms. The van der Waals surface area contributed by atoms with Gasteiger partial charge in [0.05, 0.1) is 11.4 Å². The number of rotatable bonds is 7. The van der Waals surface area contributed by atoms with Crippen molar-refractivity contribution >= 4 is 39.3 Å². The first-order valence-electron chi connectivity index (χ1n) is 8.32. The normalized spacial score (nSPS) is 11.8. The predicted octanol–water partition coefficient (Wildman–Crippen LogP) is 4.45. The van der Waals surface area contributed by atoms with Crippen LogP contribution in [-0.2, 0) is 11.8 Å². The van der Waals surface area contributed by atoms with Crippen molar-refractivity contribution in [1.82, 2.24) is 14.8 Å². The van der Waals surface area contributed by atoms with E-state index in [4.69, 9.17) is 4.74 Å². The van der Waals surface area contributed by atoms with E-state index in [-0.39, 0.29) is 17.8 Å². The van der Waals surface area contributed by atoms with Gasteiger partial charge in [-0.3, -0.25) is 4.79 Å². The van der Waals surface area contributed by atoms with Gasteiger partial charge in [-0.25, -0.2) is 0 Å². The molecular formula is C19H19BrN4O2S. The standard InChI is InChI=1S/C19H19BrN4O2S/c1-13(26-14-8-4-3-5-9-14)18-22-23-19(24(18)2)27-12-17(25)21-16-11-7-6-10-15(16)20/h3-11,13H,12H2,1-2H3,(H,21,25)/t13-/m1/s1. The second-order valence-electron chi connectivity index (χ2n) is 5.79. The lowest BCUT2D eigenvalue weighted by atomic mass is 10.3. The van der Waals surface area contributed by atoms with E-state index in [2.05, 4.69) is 31.4 Å². The fourth-order valence-electron chi connectivity index (χ4n) is 2.44. The lowest BCUT2D eigenvalue weighted by Gasteiger charge is -2.14. The number of para-hydroxylation sites is 2. The summed E-state index contributed by atoms with van der Waals surface area (Å²) in [5.41, 5.74) is 0.742. The van der Waals surface area contributed by atoms with Crippen LogP contribution in [0.5, 0.6) is 5.75 Å². The van der Waals surface area contributed by atoms with Gasteiger partial charge in [0, 0.05) is 11.5 Å². The summed E-state index contributed by atoms with van der Waals surface area (Å²) < 4.78 is 8.59. The number of halogens is 1. The Morgan fingerprint density at radius 1 is 1.19 bits per heavy atom. The van der Waals surface area contributed by atoms with Crippen LogP contribution in [-0.4, -0.2) is 26.4 Å². The average Bonchev–Trinajstić information content (AvgIpc) is 3.03. The quantitative estimate of drug-likeness (QED) is 0.542. The molecule has 3 rings (SSSR count). The van der Waals surface area contributed by atoms with Crippen molar-refractivity contribution in [3.05, 3.63) is 64.9 Å². The fraction of sp³-hybridized carbons (Fsp3) is 0.211. The van der Waals surface area contributed by atoms with Crippen molar-refractivity contribution < 1.29 is 9.53 Å². The zero-order chi connectivity index (χ0) is 19.2. The van der Waals surface area contributed by atoms with Crippen molar-refractivity contribution in [3.63, 3.8) is 0 Å². The Labute approximate surface area is 170 Å². The van der Waals surface area contributed by atoms with Crippen LogP contribution in [0.2, 0.25) is 0 Å². The third kappa shape index (κ3) is 5.11. The number of ether oxygens (including phenoxy) is 1. The topological polar surface area (TPSA) is 69.0 Å². The first-order chi connectivity index (χ1) is 13.0. The highest BCUT2D eigenvalue weighted by Gasteiger charge is 2.18. The molecule has 0 aliphatic rings. The van der Waals surface area contributed by atoms with Gasteiger partial charge in [-0.2, -0.15) is 0 Å². The molecule has 1 N–H and O–H groups in total. The maximum absolute atomic E-state index is 12.2. The van der Waals surface area contributed by atoms with Crippen molar-refractivity contribution in [2.75, 3.05) is 11.1 Å². The van der Waals surface area contributed by atoms with Gasteiger partial charge in [0.15, 0.2) is 17.1 Å². The van der Waals surface area contributed by atoms with Crippen LogP contribution in [0.3, 0.4) is 0 Å². The number of carbonyl (C=O) groups is 1. The Kier molecular flexibility index (Phi) is 6.52. The summed E-state index contributed by atoms with van der Waals surface area (Å²) in [5.74, 6) is 1.61. The average molecular weight is 447 g/mol. The summed E-state index contributed by atoms with van der Waals surface area (Å²) in [6, 6.07) is 17.1. The Hall–Kier alpha value is -2.32. The van der Waals surface area contributed by atoms with Gasteiger partial charge in [0.25, 0.3) is 0 Å². The van der Waals surface area contributed by atoms with Gasteiger partial charge in [0.1, 0.15) is 5.75 Å². The van der Waals surface area contributed by atoms with Crippen LogP contribution in [0.15, 0.2) is 64.2 Å². The van der Waals surface area contributed by atoms with E-state index < -0.39 is 0 Å². The lowest BCUT2D eigenvalue weighted by molar-refractivity contribution is -0.113. The van der Waals surface area contributed by atoms with Crippen LogP contribution >= 0.6 is 27.7 Å². The lowest BCUT2D eigenvalue weighted by Crippen LogP contribution is -2.15. The summed E-state index contributed by atoms with van der Waals surface area (Å²) in [6.45, 7) is 1.92. The molecule has 0 spiro atoms. The molecule has 0 aliphatic heterocycles. The van der Waals surface area contributed by atoms with E-state index in [1.54, 1.807) is 0 Å². The SMILES string of the molecule is C[C@@H](Oc1ccccc1)c1nnc(SCC(=O)Nc2ccccc2Br)n1C. The Morgan fingerprint density at radius 2 is 1.89 bits per heavy atom. The maximum atomic E-state index is 12.2. The molecule has 2 aromatic carbocycles. The predicted molar refractivity (Wildman–Crippen MR) is 110 cm³/mol. The molecule has 0 saturated carbocycles. The number of nitrogens with one attached hydrogen (secondary N) is 1. The maximum Gasteiger partial charge on any atom is 0.234 e. The van der Waals surface area contributed by atoms with Crippen molar-refractivity contribution in [2.24, 2.45) is 7.05 Å². The minimum atomic E-state index is -0.256. The van der Waals surface area contributed by atoms with Gasteiger partial charge in [0.2, 0.25) is 5.91 Å². The van der Waals surface area contributed by atoms with Crippen LogP contribution in [0, 0.1) is 0 Å². The smallest absolute Gasteiger partial charge is 0.234 e. The highest BCUT2D eigenvalue weighted by molar-refractivity contribution is 9.10. The highest BCUT2D eigenvalue weighted by Crippen LogP contribution is 2.24. The molecule has 1 atom stereocenters. The molecule has 0 saturated heterocycles. The molecule has 8 heteroatoms. The first-order valence-corrected chi connectivity index (χ1v) is 10.1. The molecule has 140 valence electrons. The summed E-state index contributed by atoms with van der Waals surface area (Å²) in [7, 11) is 1.87. The molecule has 1 aromatic heterocycles. The van der Waals surface area contributed by atoms with Crippen LogP contribution in [0.4, 0.5) is 5.69 Å². The van der Waals surface area contributed by atoms with E-state index in [1.807, 2.05) is 73.1 Å². The number of benzene rings is 2. The van der Waals surface area contributed by atoms with Crippen molar-refractivity contribution in [1.29, 1.82) is 0 Å². The Balaban J connectivity index is 1.58. The summed E-state index contributed by atoms with van der Waals surface area (Å²) >= 11 is 4.75. The van der Waals surface area contributed by atoms with Gasteiger partial charge in [-0.1, -0.05) is 42.1 Å². The van der Waals surface area contributed by atoms with Crippen LogP contribution in [0.1, 0.15) is 18.9 Å². The molecule has 0 fully saturated rings. The van der Waals surface area contributed by atoms with Gasteiger partial charge in [-0.15, -0.1) is 10.2 Å². The number of nitrogens with zero attached hydrogens (tertiary/aromatic N) is 3. The van der Waals surface area contributed by atoms with E-state index >= 15 is 0 Å². The van der Waals surface area contributed by atoms with Crippen molar-refractivity contribution in [3.8, 4) is 5.75 Å². The second kappa shape index (κ2) is 9.05.